The Labute approximate surface area is 173 Å². The van der Waals surface area contributed by atoms with Gasteiger partial charge in [0, 0.05) is 50.3 Å². The minimum Gasteiger partial charge on any atom is -0.341 e. The molecule has 3 amide bonds. The summed E-state index contributed by atoms with van der Waals surface area (Å²) in [5.41, 5.74) is 1.36. The van der Waals surface area contributed by atoms with E-state index in [1.807, 2.05) is 11.8 Å². The zero-order valence-corrected chi connectivity index (χ0v) is 17.5. The summed E-state index contributed by atoms with van der Waals surface area (Å²) in [4.78, 5) is 40.9. The number of carbonyl (C=O) groups excluding carboxylic acids is 3. The molecule has 1 heterocycles. The van der Waals surface area contributed by atoms with Gasteiger partial charge in [0.1, 0.15) is 0 Å². The van der Waals surface area contributed by atoms with Crippen LogP contribution in [0.15, 0.2) is 24.3 Å². The molecule has 0 bridgehead atoms. The Kier molecular flexibility index (Phi) is 7.67. The standard InChI is InChI=1S/C23H33N3O3/c1-2-6-21(27)19-9-11-20(12-10-19)24-23(29)26-14-5-13-25(15-16-26)22(28)17-18-7-3-4-8-18/h9-12,18H,2-8,13-17H2,1H3,(H,24,29). The largest absolute Gasteiger partial charge is 0.341 e. The lowest BCUT2D eigenvalue weighted by molar-refractivity contribution is -0.132. The van der Waals surface area contributed by atoms with Gasteiger partial charge in [-0.1, -0.05) is 19.8 Å². The highest BCUT2D eigenvalue weighted by molar-refractivity contribution is 5.97. The van der Waals surface area contributed by atoms with Crippen molar-refractivity contribution in [2.45, 2.75) is 58.3 Å². The average molecular weight is 400 g/mol. The van der Waals surface area contributed by atoms with Gasteiger partial charge in [0.15, 0.2) is 5.78 Å². The molecule has 1 saturated carbocycles. The van der Waals surface area contributed by atoms with Gasteiger partial charge in [0.25, 0.3) is 0 Å². The van der Waals surface area contributed by atoms with Crippen LogP contribution < -0.4 is 5.32 Å². The summed E-state index contributed by atoms with van der Waals surface area (Å²) in [6.07, 6.45) is 7.68. The molecule has 1 aliphatic carbocycles. The summed E-state index contributed by atoms with van der Waals surface area (Å²) < 4.78 is 0. The molecule has 1 N–H and O–H groups in total. The van der Waals surface area contributed by atoms with Gasteiger partial charge in [-0.3, -0.25) is 9.59 Å². The predicted octanol–water partition coefficient (Wildman–Crippen LogP) is 4.32. The van der Waals surface area contributed by atoms with Crippen LogP contribution in [0.1, 0.15) is 68.6 Å². The monoisotopic (exact) mass is 399 g/mol. The van der Waals surface area contributed by atoms with E-state index in [1.165, 1.54) is 25.7 Å². The van der Waals surface area contributed by atoms with Crippen molar-refractivity contribution in [3.63, 3.8) is 0 Å². The zero-order chi connectivity index (χ0) is 20.6. The van der Waals surface area contributed by atoms with E-state index in [2.05, 4.69) is 5.32 Å². The molecule has 1 aromatic carbocycles. The second-order valence-corrected chi connectivity index (χ2v) is 8.26. The van der Waals surface area contributed by atoms with Crippen LogP contribution in [0.3, 0.4) is 0 Å². The quantitative estimate of drug-likeness (QED) is 0.725. The molecule has 0 spiro atoms. The Bertz CT molecular complexity index is 711. The molecule has 6 heteroatoms. The minimum absolute atomic E-state index is 0.125. The van der Waals surface area contributed by atoms with E-state index in [0.29, 0.717) is 49.6 Å². The summed E-state index contributed by atoms with van der Waals surface area (Å²) in [6.45, 7) is 4.51. The first-order valence-corrected chi connectivity index (χ1v) is 11.0. The lowest BCUT2D eigenvalue weighted by Crippen LogP contribution is -2.39. The molecule has 1 aliphatic heterocycles. The Balaban J connectivity index is 1.48. The molecule has 29 heavy (non-hydrogen) atoms. The van der Waals surface area contributed by atoms with Crippen molar-refractivity contribution >= 4 is 23.4 Å². The van der Waals surface area contributed by atoms with Gasteiger partial charge in [-0.2, -0.15) is 0 Å². The molecule has 0 aromatic heterocycles. The van der Waals surface area contributed by atoms with Crippen molar-refractivity contribution in [3.8, 4) is 0 Å². The van der Waals surface area contributed by atoms with Crippen molar-refractivity contribution < 1.29 is 14.4 Å². The number of Topliss-reactive ketones (excluding diaryl/α,β-unsaturated/α-hetero) is 1. The highest BCUT2D eigenvalue weighted by Gasteiger charge is 2.25. The lowest BCUT2D eigenvalue weighted by atomic mass is 10.0. The summed E-state index contributed by atoms with van der Waals surface area (Å²) in [6, 6.07) is 6.92. The van der Waals surface area contributed by atoms with Crippen LogP contribution in [0.5, 0.6) is 0 Å². The number of benzene rings is 1. The fraction of sp³-hybridized carbons (Fsp3) is 0.609. The predicted molar refractivity (Wildman–Crippen MR) is 114 cm³/mol. The Morgan fingerprint density at radius 3 is 2.28 bits per heavy atom. The van der Waals surface area contributed by atoms with Crippen LogP contribution in [0.25, 0.3) is 0 Å². The van der Waals surface area contributed by atoms with Crippen LogP contribution in [0.4, 0.5) is 10.5 Å². The topological polar surface area (TPSA) is 69.7 Å². The SMILES string of the molecule is CCCC(=O)c1ccc(NC(=O)N2CCCN(C(=O)CC3CCCC3)CC2)cc1. The van der Waals surface area contributed by atoms with E-state index in [1.54, 1.807) is 29.2 Å². The molecule has 0 radical (unpaired) electrons. The van der Waals surface area contributed by atoms with E-state index in [0.717, 1.165) is 19.4 Å². The molecular weight excluding hydrogens is 366 g/mol. The Morgan fingerprint density at radius 1 is 0.931 bits per heavy atom. The third kappa shape index (κ3) is 6.05. The van der Waals surface area contributed by atoms with Crippen LogP contribution >= 0.6 is 0 Å². The molecule has 2 fully saturated rings. The molecule has 6 nitrogen and oxygen atoms in total. The van der Waals surface area contributed by atoms with Crippen molar-refractivity contribution in [3.05, 3.63) is 29.8 Å². The van der Waals surface area contributed by atoms with Gasteiger partial charge in [-0.05, 0) is 55.9 Å². The lowest BCUT2D eigenvalue weighted by Gasteiger charge is -2.23. The molecule has 1 saturated heterocycles. The minimum atomic E-state index is -0.150. The zero-order valence-electron chi connectivity index (χ0n) is 17.5. The number of hydrogen-bond donors (Lipinski definition) is 1. The number of amides is 3. The molecule has 0 unspecified atom stereocenters. The summed E-state index contributed by atoms with van der Waals surface area (Å²) in [7, 11) is 0. The highest BCUT2D eigenvalue weighted by Crippen LogP contribution is 2.28. The first kappa shape index (κ1) is 21.3. The molecule has 3 rings (SSSR count). The van der Waals surface area contributed by atoms with Crippen molar-refractivity contribution in [2.24, 2.45) is 5.92 Å². The van der Waals surface area contributed by atoms with Gasteiger partial charge < -0.3 is 15.1 Å². The maximum absolute atomic E-state index is 12.6. The Morgan fingerprint density at radius 2 is 1.59 bits per heavy atom. The fourth-order valence-corrected chi connectivity index (χ4v) is 4.27. The molecule has 0 atom stereocenters. The number of anilines is 1. The van der Waals surface area contributed by atoms with Crippen LogP contribution in [0.2, 0.25) is 0 Å². The molecule has 2 aliphatic rings. The van der Waals surface area contributed by atoms with E-state index in [9.17, 15) is 14.4 Å². The first-order chi connectivity index (χ1) is 14.1. The number of nitrogens with one attached hydrogen (secondary N) is 1. The molecule has 1 aromatic rings. The van der Waals surface area contributed by atoms with Crippen molar-refractivity contribution in [2.75, 3.05) is 31.5 Å². The Hall–Kier alpha value is -2.37. The average Bonchev–Trinajstić information content (AvgIpc) is 3.09. The van der Waals surface area contributed by atoms with Gasteiger partial charge in [0.05, 0.1) is 0 Å². The number of rotatable bonds is 6. The van der Waals surface area contributed by atoms with E-state index in [4.69, 9.17) is 0 Å². The van der Waals surface area contributed by atoms with Gasteiger partial charge in [0.2, 0.25) is 5.91 Å². The number of hydrogen-bond acceptors (Lipinski definition) is 3. The third-order valence-corrected chi connectivity index (χ3v) is 6.01. The summed E-state index contributed by atoms with van der Waals surface area (Å²) >= 11 is 0. The number of urea groups is 1. The smallest absolute Gasteiger partial charge is 0.321 e. The second kappa shape index (κ2) is 10.4. The third-order valence-electron chi connectivity index (χ3n) is 6.01. The van der Waals surface area contributed by atoms with Gasteiger partial charge in [-0.25, -0.2) is 4.79 Å². The number of ketones is 1. The van der Waals surface area contributed by atoms with Crippen molar-refractivity contribution in [1.29, 1.82) is 0 Å². The second-order valence-electron chi connectivity index (χ2n) is 8.26. The maximum atomic E-state index is 12.6. The van der Waals surface area contributed by atoms with Gasteiger partial charge in [-0.15, -0.1) is 0 Å². The van der Waals surface area contributed by atoms with Crippen LogP contribution in [-0.2, 0) is 4.79 Å². The van der Waals surface area contributed by atoms with Crippen LogP contribution in [0, 0.1) is 5.92 Å². The number of nitrogens with zero attached hydrogens (tertiary/aromatic N) is 2. The van der Waals surface area contributed by atoms with Crippen LogP contribution in [-0.4, -0.2) is 53.7 Å². The van der Waals surface area contributed by atoms with E-state index >= 15 is 0 Å². The van der Waals surface area contributed by atoms with E-state index < -0.39 is 0 Å². The van der Waals surface area contributed by atoms with Crippen molar-refractivity contribution in [1.82, 2.24) is 9.80 Å². The maximum Gasteiger partial charge on any atom is 0.321 e. The molecule has 158 valence electrons. The highest BCUT2D eigenvalue weighted by atomic mass is 16.2. The first-order valence-electron chi connectivity index (χ1n) is 11.0. The van der Waals surface area contributed by atoms with E-state index in [-0.39, 0.29) is 17.7 Å². The number of carbonyl (C=O) groups is 3. The summed E-state index contributed by atoms with van der Waals surface area (Å²) in [5.74, 6) is 0.920. The normalized spacial score (nSPS) is 17.8. The fourth-order valence-electron chi connectivity index (χ4n) is 4.27. The summed E-state index contributed by atoms with van der Waals surface area (Å²) in [5, 5.41) is 2.91. The van der Waals surface area contributed by atoms with Gasteiger partial charge >= 0.3 is 6.03 Å². The molecular formula is C23H33N3O3.